The summed E-state index contributed by atoms with van der Waals surface area (Å²) >= 11 is 0. The maximum Gasteiger partial charge on any atom is 0.484 e. The molecule has 0 saturated heterocycles. The Morgan fingerprint density at radius 2 is 0.842 bits per heavy atom. The maximum atomic E-state index is 5.73. The molecule has 0 radical (unpaired) electrons. The monoisotopic (exact) mass is 293 g/mol. The Bertz CT molecular complexity index is 173. The first-order valence-electron chi connectivity index (χ1n) is 6.71. The summed E-state index contributed by atoms with van der Waals surface area (Å²) in [5.74, 6) is 0. The topological polar surface area (TPSA) is 37.4 Å². The molecule has 0 unspecified atom stereocenters. The van der Waals surface area contributed by atoms with Crippen molar-refractivity contribution < 1.29 is 13.3 Å². The third kappa shape index (κ3) is 14.2. The van der Waals surface area contributed by atoms with Gasteiger partial charge in [0, 0.05) is 19.6 Å². The zero-order valence-electron chi connectivity index (χ0n) is 13.4. The molecule has 0 aliphatic heterocycles. The van der Waals surface area contributed by atoms with Gasteiger partial charge in [-0.1, -0.05) is 0 Å². The third-order valence-corrected chi connectivity index (χ3v) is 3.90. The zero-order valence-corrected chi connectivity index (χ0v) is 14.5. The number of rotatable bonds is 12. The lowest BCUT2D eigenvalue weighted by atomic mass is 10.6. The van der Waals surface area contributed by atoms with Crippen LogP contribution in [-0.2, 0) is 13.3 Å². The molecule has 0 heterocycles. The van der Waals surface area contributed by atoms with Gasteiger partial charge in [0.25, 0.3) is 0 Å². The Morgan fingerprint density at radius 3 is 1.05 bits per heavy atom. The minimum atomic E-state index is -1.99. The van der Waals surface area contributed by atoms with Gasteiger partial charge in [0.2, 0.25) is 0 Å². The molecule has 0 N–H and O–H groups in total. The fourth-order valence-corrected chi connectivity index (χ4v) is 2.32. The molecule has 0 atom stereocenters. The van der Waals surface area contributed by atoms with Gasteiger partial charge in [0.1, 0.15) is 0 Å². The van der Waals surface area contributed by atoms with E-state index in [9.17, 15) is 0 Å². The molecular weight excluding hydrogens is 262 g/mol. The van der Waals surface area contributed by atoms with Gasteiger partial charge < -0.3 is 28.0 Å². The van der Waals surface area contributed by atoms with Crippen molar-refractivity contribution in [3.05, 3.63) is 0 Å². The largest absolute Gasteiger partial charge is 0.484 e. The standard InChI is InChI=1S/C12H31N3O3Si/c1-13(2)7-10-16-19(17-11-8-14(3)4)18-12-9-15(5)6/h19H,7-12H2,1-6H3. The highest BCUT2D eigenvalue weighted by Crippen LogP contribution is 1.95. The van der Waals surface area contributed by atoms with E-state index >= 15 is 0 Å². The van der Waals surface area contributed by atoms with E-state index in [1.807, 2.05) is 42.3 Å². The van der Waals surface area contributed by atoms with Crippen LogP contribution in [0.5, 0.6) is 0 Å². The highest BCUT2D eigenvalue weighted by Gasteiger charge is 2.15. The summed E-state index contributed by atoms with van der Waals surface area (Å²) in [6.07, 6.45) is 0. The van der Waals surface area contributed by atoms with Crippen LogP contribution in [0.25, 0.3) is 0 Å². The van der Waals surface area contributed by atoms with Crippen molar-refractivity contribution in [2.75, 3.05) is 81.7 Å². The summed E-state index contributed by atoms with van der Waals surface area (Å²) in [4.78, 5) is 6.27. The van der Waals surface area contributed by atoms with Gasteiger partial charge in [-0.05, 0) is 42.3 Å². The first-order chi connectivity index (χ1) is 8.91. The smallest absolute Gasteiger partial charge is 0.374 e. The van der Waals surface area contributed by atoms with Gasteiger partial charge in [-0.15, -0.1) is 0 Å². The molecule has 0 bridgehead atoms. The highest BCUT2D eigenvalue weighted by atomic mass is 28.3. The Balaban J connectivity index is 3.85. The second kappa shape index (κ2) is 11.8. The summed E-state index contributed by atoms with van der Waals surface area (Å²) in [6, 6.07) is 0. The van der Waals surface area contributed by atoms with Gasteiger partial charge in [-0.25, -0.2) is 0 Å². The van der Waals surface area contributed by atoms with Crippen molar-refractivity contribution in [2.45, 2.75) is 0 Å². The lowest BCUT2D eigenvalue weighted by Crippen LogP contribution is -2.35. The average molecular weight is 293 g/mol. The molecule has 7 heteroatoms. The fourth-order valence-electron chi connectivity index (χ4n) is 1.14. The summed E-state index contributed by atoms with van der Waals surface area (Å²) in [5.41, 5.74) is 0. The van der Waals surface area contributed by atoms with Crippen LogP contribution in [0.2, 0.25) is 0 Å². The van der Waals surface area contributed by atoms with Gasteiger partial charge in [-0.3, -0.25) is 0 Å². The van der Waals surface area contributed by atoms with Crippen molar-refractivity contribution in [1.29, 1.82) is 0 Å². The molecule has 0 aliphatic carbocycles. The van der Waals surface area contributed by atoms with Crippen molar-refractivity contribution in [3.63, 3.8) is 0 Å². The van der Waals surface area contributed by atoms with Gasteiger partial charge in [0.05, 0.1) is 19.8 Å². The second-order valence-electron chi connectivity index (χ2n) is 5.31. The third-order valence-electron chi connectivity index (χ3n) is 2.38. The number of hydrogen-bond donors (Lipinski definition) is 0. The average Bonchev–Trinajstić information content (AvgIpc) is 2.26. The molecule has 0 rings (SSSR count). The van der Waals surface area contributed by atoms with E-state index in [0.29, 0.717) is 19.8 Å². The van der Waals surface area contributed by atoms with Crippen LogP contribution in [-0.4, -0.2) is 106 Å². The van der Waals surface area contributed by atoms with Gasteiger partial charge in [-0.2, -0.15) is 0 Å². The Morgan fingerprint density at radius 1 is 0.579 bits per heavy atom. The van der Waals surface area contributed by atoms with Gasteiger partial charge >= 0.3 is 9.53 Å². The molecule has 0 fully saturated rings. The van der Waals surface area contributed by atoms with Gasteiger partial charge in [0.15, 0.2) is 0 Å². The highest BCUT2D eigenvalue weighted by molar-refractivity contribution is 6.36. The van der Waals surface area contributed by atoms with Crippen LogP contribution in [0.3, 0.4) is 0 Å². The molecule has 0 spiro atoms. The van der Waals surface area contributed by atoms with Crippen molar-refractivity contribution in [2.24, 2.45) is 0 Å². The molecular formula is C12H31N3O3Si. The number of nitrogens with zero attached hydrogens (tertiary/aromatic N) is 3. The van der Waals surface area contributed by atoms with E-state index < -0.39 is 9.53 Å². The SMILES string of the molecule is CN(C)CCO[SiH](OCCN(C)C)OCCN(C)C. The molecule has 0 amide bonds. The Labute approximate surface area is 120 Å². The minimum absolute atomic E-state index is 0.661. The molecule has 19 heavy (non-hydrogen) atoms. The van der Waals surface area contributed by atoms with Crippen LogP contribution in [0.1, 0.15) is 0 Å². The molecule has 0 aliphatic rings. The van der Waals surface area contributed by atoms with Crippen molar-refractivity contribution in [1.82, 2.24) is 14.7 Å². The van der Waals surface area contributed by atoms with Crippen LogP contribution in [0, 0.1) is 0 Å². The van der Waals surface area contributed by atoms with Crippen LogP contribution < -0.4 is 0 Å². The summed E-state index contributed by atoms with van der Waals surface area (Å²) in [6.45, 7) is 4.64. The predicted molar refractivity (Wildman–Crippen MR) is 80.7 cm³/mol. The number of likely N-dealkylation sites (N-methyl/N-ethyl adjacent to an activating group) is 3. The summed E-state index contributed by atoms with van der Waals surface area (Å²) in [5, 5.41) is 0. The molecule has 0 saturated carbocycles. The van der Waals surface area contributed by atoms with E-state index in [-0.39, 0.29) is 0 Å². The van der Waals surface area contributed by atoms with Crippen LogP contribution in [0.15, 0.2) is 0 Å². The lowest BCUT2D eigenvalue weighted by molar-refractivity contribution is 0.0782. The molecule has 0 aromatic heterocycles. The lowest BCUT2D eigenvalue weighted by Gasteiger charge is -2.20. The first kappa shape index (κ1) is 19.0. The van der Waals surface area contributed by atoms with Crippen LogP contribution in [0.4, 0.5) is 0 Å². The zero-order chi connectivity index (χ0) is 14.7. The molecule has 6 nitrogen and oxygen atoms in total. The molecule has 116 valence electrons. The second-order valence-corrected chi connectivity index (χ2v) is 6.89. The van der Waals surface area contributed by atoms with E-state index in [2.05, 4.69) is 14.7 Å². The van der Waals surface area contributed by atoms with Crippen molar-refractivity contribution >= 4 is 9.53 Å². The summed E-state index contributed by atoms with van der Waals surface area (Å²) < 4.78 is 17.2. The van der Waals surface area contributed by atoms with Crippen LogP contribution >= 0.6 is 0 Å². The van der Waals surface area contributed by atoms with E-state index in [0.717, 1.165) is 19.6 Å². The first-order valence-corrected chi connectivity index (χ1v) is 8.12. The van der Waals surface area contributed by atoms with E-state index in [4.69, 9.17) is 13.3 Å². The maximum absolute atomic E-state index is 5.73. The Hall–Kier alpha value is -0.0231. The molecule has 0 aromatic rings. The van der Waals surface area contributed by atoms with E-state index in [1.54, 1.807) is 0 Å². The minimum Gasteiger partial charge on any atom is -0.374 e. The predicted octanol–water partition coefficient (Wildman–Crippen LogP) is -0.562. The molecule has 0 aromatic carbocycles. The summed E-state index contributed by atoms with van der Waals surface area (Å²) in [7, 11) is 10.2. The Kier molecular flexibility index (Phi) is 11.8. The van der Waals surface area contributed by atoms with E-state index in [1.165, 1.54) is 0 Å². The fraction of sp³-hybridized carbons (Fsp3) is 1.00. The van der Waals surface area contributed by atoms with Crippen molar-refractivity contribution in [3.8, 4) is 0 Å². The number of hydrogen-bond acceptors (Lipinski definition) is 6. The normalized spacial score (nSPS) is 12.3. The quantitative estimate of drug-likeness (QED) is 0.449.